The van der Waals surface area contributed by atoms with Crippen molar-refractivity contribution in [1.82, 2.24) is 15.0 Å². The van der Waals surface area contributed by atoms with Crippen molar-refractivity contribution in [2.75, 3.05) is 6.61 Å². The minimum atomic E-state index is -0.193. The predicted molar refractivity (Wildman–Crippen MR) is 80.1 cm³/mol. The van der Waals surface area contributed by atoms with Gasteiger partial charge in [-0.15, -0.1) is 11.3 Å². The number of ether oxygens (including phenoxy) is 1. The molecular formula is C14H15N3O2S. The van der Waals surface area contributed by atoms with Crippen molar-refractivity contribution < 1.29 is 4.74 Å². The first kappa shape index (κ1) is 13.1. The third kappa shape index (κ3) is 2.39. The Labute approximate surface area is 119 Å². The smallest absolute Gasteiger partial charge is 0.323 e. The predicted octanol–water partition coefficient (Wildman–Crippen LogP) is 3.08. The molecule has 0 aliphatic heterocycles. The number of fused-ring (bicyclic) bond motifs is 1. The van der Waals surface area contributed by atoms with Crippen molar-refractivity contribution >= 4 is 22.4 Å². The Morgan fingerprint density at radius 3 is 2.95 bits per heavy atom. The number of thiazole rings is 1. The second kappa shape index (κ2) is 5.22. The lowest BCUT2D eigenvalue weighted by molar-refractivity contribution is 0.0762. The normalized spacial score (nSPS) is 12.9. The summed E-state index contributed by atoms with van der Waals surface area (Å²) >= 11 is 1.59. The lowest BCUT2D eigenvalue weighted by Crippen LogP contribution is -1.99. The van der Waals surface area contributed by atoms with Crippen LogP contribution in [0.4, 0.5) is 0 Å². The number of imidazole rings is 1. The van der Waals surface area contributed by atoms with Crippen LogP contribution in [0, 0.1) is 0 Å². The van der Waals surface area contributed by atoms with Crippen LogP contribution in [0.5, 0.6) is 0 Å². The zero-order chi connectivity index (χ0) is 14.1. The highest BCUT2D eigenvalue weighted by molar-refractivity contribution is 7.10. The van der Waals surface area contributed by atoms with Crippen molar-refractivity contribution in [2.24, 2.45) is 0 Å². The number of benzene rings is 1. The summed E-state index contributed by atoms with van der Waals surface area (Å²) in [6.07, 6.45) is 0.00884. The van der Waals surface area contributed by atoms with Gasteiger partial charge in [0.15, 0.2) is 0 Å². The van der Waals surface area contributed by atoms with E-state index in [1.807, 2.05) is 37.4 Å². The number of nitrogens with zero attached hydrogens (tertiary/aromatic N) is 1. The monoisotopic (exact) mass is 289 g/mol. The summed E-state index contributed by atoms with van der Waals surface area (Å²) < 4.78 is 5.55. The van der Waals surface area contributed by atoms with Crippen molar-refractivity contribution in [2.45, 2.75) is 20.0 Å². The van der Waals surface area contributed by atoms with E-state index >= 15 is 0 Å². The highest BCUT2D eigenvalue weighted by Crippen LogP contribution is 2.28. The minimum Gasteiger partial charge on any atom is -0.372 e. The molecule has 3 rings (SSSR count). The molecule has 0 saturated carbocycles. The van der Waals surface area contributed by atoms with E-state index in [4.69, 9.17) is 4.74 Å². The first-order chi connectivity index (χ1) is 9.67. The van der Waals surface area contributed by atoms with Gasteiger partial charge in [0.25, 0.3) is 0 Å². The second-order valence-electron chi connectivity index (χ2n) is 4.51. The van der Waals surface area contributed by atoms with Gasteiger partial charge in [0.1, 0.15) is 11.1 Å². The molecule has 1 atom stereocenters. The van der Waals surface area contributed by atoms with Crippen LogP contribution in [0.2, 0.25) is 0 Å². The maximum absolute atomic E-state index is 11.3. The second-order valence-corrected chi connectivity index (χ2v) is 5.40. The van der Waals surface area contributed by atoms with Crippen molar-refractivity contribution in [1.29, 1.82) is 0 Å². The van der Waals surface area contributed by atoms with Crippen LogP contribution in [-0.2, 0) is 4.74 Å². The zero-order valence-corrected chi connectivity index (χ0v) is 12.1. The first-order valence-corrected chi connectivity index (χ1v) is 7.35. The molecule has 0 aliphatic carbocycles. The fourth-order valence-electron chi connectivity index (χ4n) is 2.12. The molecule has 0 amide bonds. The van der Waals surface area contributed by atoms with E-state index in [1.54, 1.807) is 11.3 Å². The largest absolute Gasteiger partial charge is 0.372 e. The number of hydrogen-bond acceptors (Lipinski definition) is 4. The van der Waals surface area contributed by atoms with Crippen LogP contribution < -0.4 is 5.69 Å². The Hall–Kier alpha value is -1.92. The van der Waals surface area contributed by atoms with Crippen LogP contribution in [0.25, 0.3) is 22.3 Å². The van der Waals surface area contributed by atoms with Crippen LogP contribution in [0.1, 0.15) is 25.0 Å². The van der Waals surface area contributed by atoms with Gasteiger partial charge in [-0.25, -0.2) is 9.78 Å². The van der Waals surface area contributed by atoms with Gasteiger partial charge in [-0.2, -0.15) is 0 Å². The molecule has 0 bridgehead atoms. The Morgan fingerprint density at radius 1 is 1.35 bits per heavy atom. The zero-order valence-electron chi connectivity index (χ0n) is 11.3. The van der Waals surface area contributed by atoms with Crippen LogP contribution in [0.15, 0.2) is 28.4 Å². The third-order valence-electron chi connectivity index (χ3n) is 3.10. The van der Waals surface area contributed by atoms with E-state index in [1.165, 1.54) is 0 Å². The van der Waals surface area contributed by atoms with Crippen LogP contribution >= 0.6 is 11.3 Å². The lowest BCUT2D eigenvalue weighted by atomic mass is 10.1. The topological polar surface area (TPSA) is 70.8 Å². The fraction of sp³-hybridized carbons (Fsp3) is 0.286. The summed E-state index contributed by atoms with van der Waals surface area (Å²) in [6.45, 7) is 4.65. The number of hydrogen-bond donors (Lipinski definition) is 2. The highest BCUT2D eigenvalue weighted by Gasteiger charge is 2.12. The summed E-state index contributed by atoms with van der Waals surface area (Å²) in [6, 6.07) is 5.77. The molecule has 1 aromatic carbocycles. The van der Waals surface area contributed by atoms with Gasteiger partial charge in [-0.1, -0.05) is 6.07 Å². The first-order valence-electron chi connectivity index (χ1n) is 6.47. The number of H-pyrrole nitrogens is 2. The Kier molecular flexibility index (Phi) is 3.42. The molecule has 2 aromatic heterocycles. The molecule has 0 aliphatic rings. The molecule has 0 radical (unpaired) electrons. The molecule has 0 spiro atoms. The van der Waals surface area contributed by atoms with E-state index in [-0.39, 0.29) is 11.8 Å². The SMILES string of the molecule is CCO[C@@H](C)c1nc(-c2ccc3[nH]c(=O)[nH]c3c2)cs1. The maximum atomic E-state index is 11.3. The number of aromatic amines is 2. The van der Waals surface area contributed by atoms with Crippen molar-refractivity contribution in [3.05, 3.63) is 39.1 Å². The number of nitrogens with one attached hydrogen (secondary N) is 2. The summed E-state index contributed by atoms with van der Waals surface area (Å²) in [5.74, 6) is 0. The van der Waals surface area contributed by atoms with Gasteiger partial charge >= 0.3 is 5.69 Å². The summed E-state index contributed by atoms with van der Waals surface area (Å²) in [5, 5.41) is 2.97. The summed E-state index contributed by atoms with van der Waals surface area (Å²) in [5.41, 5.74) is 3.29. The standard InChI is InChI=1S/C14H15N3O2S/c1-3-19-8(2)13-15-12(7-20-13)9-4-5-10-11(6-9)17-14(18)16-10/h4-8H,3H2,1-2H3,(H2,16,17,18)/t8-/m0/s1. The fourth-order valence-corrected chi connectivity index (χ4v) is 2.95. The summed E-state index contributed by atoms with van der Waals surface area (Å²) in [7, 11) is 0. The van der Waals surface area contributed by atoms with Crippen LogP contribution in [0.3, 0.4) is 0 Å². The number of aromatic nitrogens is 3. The maximum Gasteiger partial charge on any atom is 0.323 e. The van der Waals surface area contributed by atoms with Gasteiger partial charge in [0.2, 0.25) is 0 Å². The molecule has 104 valence electrons. The molecule has 0 fully saturated rings. The molecule has 5 nitrogen and oxygen atoms in total. The quantitative estimate of drug-likeness (QED) is 0.775. The van der Waals surface area contributed by atoms with Crippen molar-refractivity contribution in [3.8, 4) is 11.3 Å². The van der Waals surface area contributed by atoms with Gasteiger partial charge in [-0.05, 0) is 26.0 Å². The Morgan fingerprint density at radius 2 is 2.15 bits per heavy atom. The average molecular weight is 289 g/mol. The van der Waals surface area contributed by atoms with Crippen molar-refractivity contribution in [3.63, 3.8) is 0 Å². The molecule has 0 saturated heterocycles. The summed E-state index contributed by atoms with van der Waals surface area (Å²) in [4.78, 5) is 21.4. The van der Waals surface area contributed by atoms with E-state index in [2.05, 4.69) is 15.0 Å². The number of rotatable bonds is 4. The van der Waals surface area contributed by atoms with E-state index in [0.29, 0.717) is 6.61 Å². The molecule has 20 heavy (non-hydrogen) atoms. The van der Waals surface area contributed by atoms with E-state index in [0.717, 1.165) is 27.3 Å². The van der Waals surface area contributed by atoms with Gasteiger partial charge in [0, 0.05) is 17.6 Å². The molecule has 3 aromatic rings. The van der Waals surface area contributed by atoms with Crippen LogP contribution in [-0.4, -0.2) is 21.6 Å². The molecule has 6 heteroatoms. The molecule has 2 N–H and O–H groups in total. The highest BCUT2D eigenvalue weighted by atomic mass is 32.1. The van der Waals surface area contributed by atoms with Gasteiger partial charge < -0.3 is 14.7 Å². The molecule has 2 heterocycles. The van der Waals surface area contributed by atoms with E-state index < -0.39 is 0 Å². The lowest BCUT2D eigenvalue weighted by Gasteiger charge is -2.06. The third-order valence-corrected chi connectivity index (χ3v) is 4.10. The minimum absolute atomic E-state index is 0.00884. The Bertz CT molecular complexity index is 787. The van der Waals surface area contributed by atoms with Gasteiger partial charge in [0.05, 0.1) is 16.7 Å². The average Bonchev–Trinajstić information content (AvgIpc) is 3.02. The molecular weight excluding hydrogens is 274 g/mol. The van der Waals surface area contributed by atoms with Gasteiger partial charge in [-0.3, -0.25) is 0 Å². The molecule has 0 unspecified atom stereocenters. The van der Waals surface area contributed by atoms with E-state index in [9.17, 15) is 4.79 Å². The Balaban J connectivity index is 1.96.